The summed E-state index contributed by atoms with van der Waals surface area (Å²) >= 11 is 7.02. The highest BCUT2D eigenvalue weighted by Gasteiger charge is 2.44. The molecule has 1 heterocycles. The van der Waals surface area contributed by atoms with E-state index in [2.05, 4.69) is 17.0 Å². The number of aromatic nitrogens is 3. The zero-order valence-corrected chi connectivity index (χ0v) is 15.2. The van der Waals surface area contributed by atoms with Gasteiger partial charge in [-0.15, -0.1) is 0 Å². The Morgan fingerprint density at radius 3 is 2.71 bits per heavy atom. The van der Waals surface area contributed by atoms with Crippen molar-refractivity contribution in [2.75, 3.05) is 0 Å². The van der Waals surface area contributed by atoms with Crippen molar-refractivity contribution in [1.29, 1.82) is 0 Å². The SMILES string of the molecule is CC(=O)Sc1ncnn1CC(O)(c1ccc(Cl)cc1)C(C)C1CC1. The third kappa shape index (κ3) is 3.66. The summed E-state index contributed by atoms with van der Waals surface area (Å²) in [6, 6.07) is 7.29. The minimum Gasteiger partial charge on any atom is -0.383 e. The van der Waals surface area contributed by atoms with Gasteiger partial charge in [0.25, 0.3) is 0 Å². The summed E-state index contributed by atoms with van der Waals surface area (Å²) in [7, 11) is 0. The van der Waals surface area contributed by atoms with E-state index in [-0.39, 0.29) is 17.6 Å². The Morgan fingerprint density at radius 2 is 2.12 bits per heavy atom. The maximum absolute atomic E-state index is 11.6. The van der Waals surface area contributed by atoms with Gasteiger partial charge in [-0.1, -0.05) is 30.7 Å². The lowest BCUT2D eigenvalue weighted by Gasteiger charge is -2.35. The summed E-state index contributed by atoms with van der Waals surface area (Å²) in [5.74, 6) is 0.566. The Labute approximate surface area is 150 Å². The van der Waals surface area contributed by atoms with Crippen LogP contribution in [-0.4, -0.2) is 25.0 Å². The first-order chi connectivity index (χ1) is 11.4. The summed E-state index contributed by atoms with van der Waals surface area (Å²) in [5, 5.41) is 16.8. The molecule has 1 aliphatic carbocycles. The molecule has 1 N–H and O–H groups in total. The van der Waals surface area contributed by atoms with Crippen molar-refractivity contribution >= 4 is 28.5 Å². The summed E-state index contributed by atoms with van der Waals surface area (Å²) in [5.41, 5.74) is -0.286. The second-order valence-electron chi connectivity index (χ2n) is 6.35. The molecule has 1 aliphatic rings. The average molecular weight is 366 g/mol. The van der Waals surface area contributed by atoms with Crippen LogP contribution in [0, 0.1) is 11.8 Å². The topological polar surface area (TPSA) is 68.0 Å². The number of aliphatic hydroxyl groups is 1. The van der Waals surface area contributed by atoms with Gasteiger partial charge >= 0.3 is 0 Å². The standard InChI is InChI=1S/C17H20ClN3O2S/c1-11(13-3-4-13)17(23,14-5-7-15(18)8-6-14)9-21-16(19-10-20-21)24-12(2)22/h5-8,10-11,13,23H,3-4,9H2,1-2H3. The van der Waals surface area contributed by atoms with Crippen LogP contribution in [0.2, 0.25) is 5.02 Å². The van der Waals surface area contributed by atoms with Crippen molar-refractivity contribution in [3.63, 3.8) is 0 Å². The number of benzene rings is 1. The monoisotopic (exact) mass is 365 g/mol. The van der Waals surface area contributed by atoms with Crippen LogP contribution in [-0.2, 0) is 16.9 Å². The van der Waals surface area contributed by atoms with E-state index in [1.807, 2.05) is 12.1 Å². The summed E-state index contributed by atoms with van der Waals surface area (Å²) < 4.78 is 1.61. The van der Waals surface area contributed by atoms with Crippen molar-refractivity contribution in [1.82, 2.24) is 14.8 Å². The van der Waals surface area contributed by atoms with Gasteiger partial charge in [-0.05, 0) is 54.1 Å². The predicted molar refractivity (Wildman–Crippen MR) is 93.8 cm³/mol. The second kappa shape index (κ2) is 6.86. The molecule has 0 bridgehead atoms. The third-order valence-corrected chi connectivity index (χ3v) is 5.67. The fraction of sp³-hybridized carbons (Fsp3) is 0.471. The minimum absolute atomic E-state index is 0.0606. The van der Waals surface area contributed by atoms with Crippen molar-refractivity contribution < 1.29 is 9.90 Å². The molecule has 2 atom stereocenters. The van der Waals surface area contributed by atoms with Gasteiger partial charge in [0.05, 0.1) is 6.54 Å². The van der Waals surface area contributed by atoms with Gasteiger partial charge in [-0.2, -0.15) is 5.10 Å². The fourth-order valence-corrected chi connectivity index (χ4v) is 3.72. The lowest BCUT2D eigenvalue weighted by atomic mass is 9.79. The Bertz CT molecular complexity index is 730. The highest BCUT2D eigenvalue weighted by atomic mass is 35.5. The number of carbonyl (C=O) groups is 1. The van der Waals surface area contributed by atoms with E-state index < -0.39 is 5.60 Å². The molecule has 0 radical (unpaired) electrons. The van der Waals surface area contributed by atoms with Crippen LogP contribution >= 0.6 is 23.4 Å². The third-order valence-electron chi connectivity index (χ3n) is 4.63. The van der Waals surface area contributed by atoms with Crippen molar-refractivity contribution in [2.45, 2.75) is 44.0 Å². The van der Waals surface area contributed by atoms with Crippen LogP contribution in [0.3, 0.4) is 0 Å². The zero-order chi connectivity index (χ0) is 17.3. The van der Waals surface area contributed by atoms with Gasteiger partial charge in [0.2, 0.25) is 0 Å². The molecule has 0 spiro atoms. The van der Waals surface area contributed by atoms with E-state index in [1.165, 1.54) is 13.3 Å². The highest BCUT2D eigenvalue weighted by molar-refractivity contribution is 8.13. The van der Waals surface area contributed by atoms with Crippen LogP contribution < -0.4 is 0 Å². The molecular formula is C17H20ClN3O2S. The number of thioether (sulfide) groups is 1. The molecule has 2 unspecified atom stereocenters. The summed E-state index contributed by atoms with van der Waals surface area (Å²) in [6.07, 6.45) is 3.67. The summed E-state index contributed by atoms with van der Waals surface area (Å²) in [6.45, 7) is 3.81. The van der Waals surface area contributed by atoms with Gasteiger partial charge in [0.15, 0.2) is 10.3 Å². The molecule has 0 amide bonds. The summed E-state index contributed by atoms with van der Waals surface area (Å²) in [4.78, 5) is 15.5. The molecule has 1 fully saturated rings. The molecule has 5 nitrogen and oxygen atoms in total. The molecule has 128 valence electrons. The first-order valence-electron chi connectivity index (χ1n) is 7.95. The average Bonchev–Trinajstić information content (AvgIpc) is 3.30. The second-order valence-corrected chi connectivity index (χ2v) is 7.93. The van der Waals surface area contributed by atoms with Gasteiger partial charge in [-0.25, -0.2) is 9.67 Å². The van der Waals surface area contributed by atoms with E-state index in [4.69, 9.17) is 11.6 Å². The Kier molecular flexibility index (Phi) is 4.99. The molecule has 1 saturated carbocycles. The van der Waals surface area contributed by atoms with E-state index in [0.29, 0.717) is 16.1 Å². The van der Waals surface area contributed by atoms with Gasteiger partial charge in [-0.3, -0.25) is 4.79 Å². The van der Waals surface area contributed by atoms with Crippen molar-refractivity contribution in [2.24, 2.45) is 11.8 Å². The van der Waals surface area contributed by atoms with Crippen LogP contribution in [0.5, 0.6) is 0 Å². The van der Waals surface area contributed by atoms with E-state index in [0.717, 1.165) is 30.2 Å². The smallest absolute Gasteiger partial charge is 0.193 e. The molecule has 0 saturated heterocycles. The Hall–Kier alpha value is -1.37. The zero-order valence-electron chi connectivity index (χ0n) is 13.6. The van der Waals surface area contributed by atoms with Gasteiger partial charge in [0.1, 0.15) is 11.9 Å². The van der Waals surface area contributed by atoms with Crippen LogP contribution in [0.4, 0.5) is 0 Å². The van der Waals surface area contributed by atoms with Crippen molar-refractivity contribution in [3.8, 4) is 0 Å². The van der Waals surface area contributed by atoms with Crippen LogP contribution in [0.25, 0.3) is 0 Å². The molecule has 1 aromatic heterocycles. The number of halogens is 1. The van der Waals surface area contributed by atoms with E-state index >= 15 is 0 Å². The maximum Gasteiger partial charge on any atom is 0.193 e. The van der Waals surface area contributed by atoms with Gasteiger partial charge in [0, 0.05) is 11.9 Å². The first-order valence-corrected chi connectivity index (χ1v) is 9.14. The largest absolute Gasteiger partial charge is 0.383 e. The quantitative estimate of drug-likeness (QED) is 0.793. The number of nitrogens with zero attached hydrogens (tertiary/aromatic N) is 3. The lowest BCUT2D eigenvalue weighted by Crippen LogP contribution is -2.39. The Morgan fingerprint density at radius 1 is 1.46 bits per heavy atom. The first kappa shape index (κ1) is 17.5. The maximum atomic E-state index is 11.6. The van der Waals surface area contributed by atoms with Crippen LogP contribution in [0.15, 0.2) is 35.7 Å². The molecule has 7 heteroatoms. The molecule has 24 heavy (non-hydrogen) atoms. The number of hydrogen-bond donors (Lipinski definition) is 1. The minimum atomic E-state index is -1.09. The lowest BCUT2D eigenvalue weighted by molar-refractivity contribution is -0.109. The number of rotatable bonds is 6. The highest BCUT2D eigenvalue weighted by Crippen LogP contribution is 2.46. The molecule has 2 aromatic rings. The molecular weight excluding hydrogens is 346 g/mol. The molecule has 1 aromatic carbocycles. The van der Waals surface area contributed by atoms with E-state index in [1.54, 1.807) is 16.8 Å². The number of hydrogen-bond acceptors (Lipinski definition) is 5. The van der Waals surface area contributed by atoms with E-state index in [9.17, 15) is 9.90 Å². The number of carbonyl (C=O) groups excluding carboxylic acids is 1. The Balaban J connectivity index is 1.95. The van der Waals surface area contributed by atoms with Crippen LogP contribution in [0.1, 0.15) is 32.3 Å². The van der Waals surface area contributed by atoms with Crippen molar-refractivity contribution in [3.05, 3.63) is 41.2 Å². The molecule has 3 rings (SSSR count). The predicted octanol–water partition coefficient (Wildman–Crippen LogP) is 3.50. The normalized spacial score (nSPS) is 18.2. The van der Waals surface area contributed by atoms with Gasteiger partial charge < -0.3 is 5.11 Å². The molecule has 0 aliphatic heterocycles. The fourth-order valence-electron chi connectivity index (χ4n) is 3.02.